The lowest BCUT2D eigenvalue weighted by Gasteiger charge is -2.28. The SMILES string of the molecule is CC(c1ccccc1)N1CC2C(C1=O)C2(Cl)Cl. The molecule has 1 aliphatic heterocycles. The number of rotatable bonds is 2. The molecule has 1 heterocycles. The van der Waals surface area contributed by atoms with Crippen LogP contribution >= 0.6 is 23.2 Å². The number of alkyl halides is 2. The fourth-order valence-electron chi connectivity index (χ4n) is 2.70. The monoisotopic (exact) mass is 269 g/mol. The summed E-state index contributed by atoms with van der Waals surface area (Å²) in [5.74, 6) is 0.0258. The average Bonchev–Trinajstić information content (AvgIpc) is 2.68. The summed E-state index contributed by atoms with van der Waals surface area (Å²) < 4.78 is -0.802. The molecule has 0 N–H and O–H groups in total. The van der Waals surface area contributed by atoms with Crippen molar-refractivity contribution in [2.24, 2.45) is 11.8 Å². The van der Waals surface area contributed by atoms with Crippen LogP contribution in [0.3, 0.4) is 0 Å². The fraction of sp³-hybridized carbons (Fsp3) is 0.462. The number of hydrogen-bond acceptors (Lipinski definition) is 1. The normalized spacial score (nSPS) is 31.2. The van der Waals surface area contributed by atoms with Gasteiger partial charge in [0.05, 0.1) is 12.0 Å². The highest BCUT2D eigenvalue weighted by molar-refractivity contribution is 6.53. The van der Waals surface area contributed by atoms with Crippen LogP contribution in [0.1, 0.15) is 18.5 Å². The standard InChI is InChI=1S/C13H13Cl2NO/c1-8(9-5-3-2-4-6-9)16-7-10-11(12(16)17)13(10,14)15/h2-6,8,10-11H,7H2,1H3. The minimum atomic E-state index is -0.802. The van der Waals surface area contributed by atoms with Crippen LogP contribution in [-0.2, 0) is 4.79 Å². The fourth-order valence-corrected chi connectivity index (χ4v) is 3.45. The number of amides is 1. The number of halogens is 2. The van der Waals surface area contributed by atoms with Crippen LogP contribution in [0.5, 0.6) is 0 Å². The lowest BCUT2D eigenvalue weighted by molar-refractivity contribution is -0.132. The van der Waals surface area contributed by atoms with E-state index in [-0.39, 0.29) is 23.8 Å². The summed E-state index contributed by atoms with van der Waals surface area (Å²) in [5, 5.41) is 0. The van der Waals surface area contributed by atoms with Crippen molar-refractivity contribution in [3.05, 3.63) is 35.9 Å². The number of carbonyl (C=O) groups is 1. The molecule has 0 bridgehead atoms. The van der Waals surface area contributed by atoms with Crippen molar-refractivity contribution < 1.29 is 4.79 Å². The van der Waals surface area contributed by atoms with Gasteiger partial charge >= 0.3 is 0 Å². The van der Waals surface area contributed by atoms with E-state index < -0.39 is 4.33 Å². The van der Waals surface area contributed by atoms with Gasteiger partial charge in [-0.05, 0) is 12.5 Å². The molecule has 1 aromatic carbocycles. The number of hydrogen-bond donors (Lipinski definition) is 0. The zero-order valence-corrected chi connectivity index (χ0v) is 10.9. The Morgan fingerprint density at radius 2 is 2.00 bits per heavy atom. The Balaban J connectivity index is 1.79. The third-order valence-corrected chi connectivity index (χ3v) is 4.93. The molecule has 0 spiro atoms. The number of fused-ring (bicyclic) bond motifs is 1. The molecule has 1 saturated carbocycles. The molecule has 90 valence electrons. The molecule has 4 heteroatoms. The van der Waals surface area contributed by atoms with Crippen LogP contribution in [0.25, 0.3) is 0 Å². The lowest BCUT2D eigenvalue weighted by atomic mass is 10.1. The molecular formula is C13H13Cl2NO. The highest BCUT2D eigenvalue weighted by Crippen LogP contribution is 2.64. The summed E-state index contributed by atoms with van der Waals surface area (Å²) in [6.07, 6.45) is 0. The number of likely N-dealkylation sites (tertiary alicyclic amines) is 1. The van der Waals surface area contributed by atoms with Crippen molar-refractivity contribution in [1.29, 1.82) is 0 Å². The lowest BCUT2D eigenvalue weighted by Crippen LogP contribution is -2.34. The summed E-state index contributed by atoms with van der Waals surface area (Å²) in [5.41, 5.74) is 1.15. The molecule has 17 heavy (non-hydrogen) atoms. The molecule has 0 aromatic heterocycles. The first kappa shape index (κ1) is 11.4. The Bertz CT molecular complexity index is 460. The first-order valence-electron chi connectivity index (χ1n) is 5.76. The average molecular weight is 270 g/mol. The van der Waals surface area contributed by atoms with E-state index in [2.05, 4.69) is 0 Å². The van der Waals surface area contributed by atoms with E-state index in [4.69, 9.17) is 23.2 Å². The highest BCUT2D eigenvalue weighted by atomic mass is 35.5. The molecule has 1 aliphatic carbocycles. The number of carbonyl (C=O) groups excluding carboxylic acids is 1. The first-order valence-corrected chi connectivity index (χ1v) is 6.52. The van der Waals surface area contributed by atoms with Crippen molar-refractivity contribution in [3.63, 3.8) is 0 Å². The summed E-state index contributed by atoms with van der Waals surface area (Å²) in [6.45, 7) is 2.72. The second-order valence-corrected chi connectivity index (χ2v) is 6.28. The zero-order chi connectivity index (χ0) is 12.2. The number of nitrogens with zero attached hydrogens (tertiary/aromatic N) is 1. The van der Waals surface area contributed by atoms with Crippen LogP contribution < -0.4 is 0 Å². The van der Waals surface area contributed by atoms with Crippen LogP contribution in [-0.4, -0.2) is 21.7 Å². The summed E-state index contributed by atoms with van der Waals surface area (Å²) in [6, 6.07) is 10.1. The van der Waals surface area contributed by atoms with Gasteiger partial charge in [0.1, 0.15) is 4.33 Å². The minimum absolute atomic E-state index is 0.0938. The maximum absolute atomic E-state index is 12.1. The van der Waals surface area contributed by atoms with E-state index in [0.29, 0.717) is 6.54 Å². The molecule has 1 saturated heterocycles. The van der Waals surface area contributed by atoms with Crippen LogP contribution in [0.15, 0.2) is 30.3 Å². The van der Waals surface area contributed by atoms with E-state index in [1.54, 1.807) is 0 Å². The quantitative estimate of drug-likeness (QED) is 0.756. The van der Waals surface area contributed by atoms with Gasteiger partial charge in [-0.1, -0.05) is 30.3 Å². The zero-order valence-electron chi connectivity index (χ0n) is 9.44. The summed E-state index contributed by atoms with van der Waals surface area (Å²) >= 11 is 12.1. The minimum Gasteiger partial charge on any atom is -0.335 e. The Labute approximate surface area is 111 Å². The van der Waals surface area contributed by atoms with E-state index >= 15 is 0 Å². The van der Waals surface area contributed by atoms with E-state index in [0.717, 1.165) is 5.56 Å². The number of benzene rings is 1. The summed E-state index contributed by atoms with van der Waals surface area (Å²) in [7, 11) is 0. The summed E-state index contributed by atoms with van der Waals surface area (Å²) in [4.78, 5) is 14.0. The smallest absolute Gasteiger partial charge is 0.229 e. The Kier molecular flexibility index (Phi) is 2.43. The molecule has 0 radical (unpaired) electrons. The first-order chi connectivity index (χ1) is 8.03. The molecule has 1 aromatic rings. The molecule has 2 nitrogen and oxygen atoms in total. The van der Waals surface area contributed by atoms with Crippen LogP contribution in [0.4, 0.5) is 0 Å². The highest BCUT2D eigenvalue weighted by Gasteiger charge is 2.72. The van der Waals surface area contributed by atoms with E-state index in [1.807, 2.05) is 42.2 Å². The van der Waals surface area contributed by atoms with Gasteiger partial charge in [-0.25, -0.2) is 0 Å². The van der Waals surface area contributed by atoms with Gasteiger partial charge in [-0.15, -0.1) is 23.2 Å². The largest absolute Gasteiger partial charge is 0.335 e. The Morgan fingerprint density at radius 3 is 2.53 bits per heavy atom. The van der Waals surface area contributed by atoms with Crippen LogP contribution in [0, 0.1) is 11.8 Å². The van der Waals surface area contributed by atoms with Gasteiger partial charge in [-0.2, -0.15) is 0 Å². The van der Waals surface area contributed by atoms with Crippen molar-refractivity contribution >= 4 is 29.1 Å². The maximum Gasteiger partial charge on any atom is 0.229 e. The Hall–Kier alpha value is -0.730. The predicted octanol–water partition coefficient (Wildman–Crippen LogP) is 3.01. The van der Waals surface area contributed by atoms with Gasteiger partial charge in [0.25, 0.3) is 0 Å². The van der Waals surface area contributed by atoms with Crippen molar-refractivity contribution in [3.8, 4) is 0 Å². The van der Waals surface area contributed by atoms with E-state index in [9.17, 15) is 4.79 Å². The van der Waals surface area contributed by atoms with Gasteiger partial charge in [0, 0.05) is 12.5 Å². The van der Waals surface area contributed by atoms with Crippen molar-refractivity contribution in [2.75, 3.05) is 6.54 Å². The molecule has 1 amide bonds. The molecule has 2 aliphatic rings. The third-order valence-electron chi connectivity index (χ3n) is 3.89. The maximum atomic E-state index is 12.1. The molecule has 3 atom stereocenters. The van der Waals surface area contributed by atoms with E-state index in [1.165, 1.54) is 0 Å². The number of piperidine rings is 1. The molecular weight excluding hydrogens is 257 g/mol. The van der Waals surface area contributed by atoms with Crippen molar-refractivity contribution in [2.45, 2.75) is 17.3 Å². The molecule has 3 unspecified atom stereocenters. The predicted molar refractivity (Wildman–Crippen MR) is 68.0 cm³/mol. The third kappa shape index (κ3) is 1.58. The topological polar surface area (TPSA) is 20.3 Å². The van der Waals surface area contributed by atoms with Gasteiger partial charge in [0.15, 0.2) is 0 Å². The second-order valence-electron chi connectivity index (χ2n) is 4.84. The van der Waals surface area contributed by atoms with Gasteiger partial charge in [-0.3, -0.25) is 4.79 Å². The molecule has 3 rings (SSSR count). The van der Waals surface area contributed by atoms with Gasteiger partial charge < -0.3 is 4.90 Å². The van der Waals surface area contributed by atoms with Crippen LogP contribution in [0.2, 0.25) is 0 Å². The van der Waals surface area contributed by atoms with Crippen molar-refractivity contribution in [1.82, 2.24) is 4.90 Å². The second kappa shape index (κ2) is 3.63. The molecule has 2 fully saturated rings. The van der Waals surface area contributed by atoms with Gasteiger partial charge in [0.2, 0.25) is 5.91 Å². The Morgan fingerprint density at radius 1 is 1.35 bits per heavy atom.